The molecular weight excluding hydrogens is 456 g/mol. The van der Waals surface area contributed by atoms with Crippen molar-refractivity contribution in [2.75, 3.05) is 32.7 Å². The van der Waals surface area contributed by atoms with E-state index in [0.717, 1.165) is 14.2 Å². The van der Waals surface area contributed by atoms with Gasteiger partial charge in [-0.3, -0.25) is 13.7 Å². The molecule has 172 valence electrons. The van der Waals surface area contributed by atoms with Gasteiger partial charge in [0.1, 0.15) is 18.7 Å². The van der Waals surface area contributed by atoms with E-state index < -0.39 is 40.7 Å². The van der Waals surface area contributed by atoms with Crippen LogP contribution < -0.4 is 15.1 Å². The zero-order valence-electron chi connectivity index (χ0n) is 16.7. The first kappa shape index (κ1) is 23.9. The van der Waals surface area contributed by atoms with Crippen molar-refractivity contribution in [3.63, 3.8) is 0 Å². The number of ether oxygens (including phenoxy) is 1. The predicted octanol–water partition coefficient (Wildman–Crippen LogP) is 0.343. The van der Waals surface area contributed by atoms with Crippen LogP contribution >= 0.6 is 15.6 Å². The van der Waals surface area contributed by atoms with Crippen molar-refractivity contribution in [1.82, 2.24) is 19.5 Å². The van der Waals surface area contributed by atoms with Crippen LogP contribution in [-0.4, -0.2) is 59.1 Å². The Morgan fingerprint density at radius 3 is 2.71 bits per heavy atom. The maximum absolute atomic E-state index is 11.8. The topological polar surface area (TPSA) is 182 Å². The highest BCUT2D eigenvalue weighted by Gasteiger charge is 2.40. The largest absolute Gasteiger partial charge is 0.756 e. The van der Waals surface area contributed by atoms with E-state index in [9.17, 15) is 18.9 Å². The number of aromatic nitrogens is 4. The van der Waals surface area contributed by atoms with Gasteiger partial charge in [0.2, 0.25) is 0 Å². The summed E-state index contributed by atoms with van der Waals surface area (Å²) in [4.78, 5) is 35.9. The first-order valence-electron chi connectivity index (χ1n) is 8.94. The quantitative estimate of drug-likeness (QED) is 0.346. The lowest BCUT2D eigenvalue weighted by molar-refractivity contribution is -0.231. The fraction of sp³-hybridized carbons (Fsp3) is 0.533. The van der Waals surface area contributed by atoms with Crippen molar-refractivity contribution in [1.29, 1.82) is 0 Å². The Labute approximate surface area is 177 Å². The van der Waals surface area contributed by atoms with Gasteiger partial charge in [0.15, 0.2) is 17.0 Å². The van der Waals surface area contributed by atoms with Crippen LogP contribution in [0, 0.1) is 0 Å². The first-order chi connectivity index (χ1) is 14.7. The third-order valence-corrected chi connectivity index (χ3v) is 6.26. The molecule has 0 aliphatic carbocycles. The number of phosphoric ester groups is 2. The number of nitrogens with one attached hydrogen (secondary N) is 1. The molecule has 3 rings (SSSR count). The van der Waals surface area contributed by atoms with Crippen molar-refractivity contribution in [2.45, 2.75) is 24.9 Å². The summed E-state index contributed by atoms with van der Waals surface area (Å²) < 4.78 is 49.0. The lowest BCUT2D eigenvalue weighted by Gasteiger charge is -2.28. The van der Waals surface area contributed by atoms with E-state index in [1.165, 1.54) is 12.7 Å². The van der Waals surface area contributed by atoms with Crippen molar-refractivity contribution < 1.29 is 41.7 Å². The SMILES string of the molecule is C=CCNc1ncnc2c1ncn2[C@H]1CC(OP(=O)([O-])OC)[C@@H](COP(=O)([O-])OC)O1. The normalized spacial score (nSPS) is 25.2. The van der Waals surface area contributed by atoms with Crippen LogP contribution in [-0.2, 0) is 32.0 Å². The van der Waals surface area contributed by atoms with Gasteiger partial charge in [-0.25, -0.2) is 15.0 Å². The standard InChI is InChI=1S/C15H23N5O9P2/c1-4-5-16-14-13-15(18-8-17-14)20(9-19-13)12-6-10(29-31(23,24)26-3)11(28-12)7-27-30(21,22)25-2/h4,8-12H,1,5-7H2,2-3H3,(H,21,22)(H,23,24)(H,16,17,18)/p-2/t10?,11-,12-/m1/s1. The number of nitrogens with zero attached hydrogens (tertiary/aromatic N) is 4. The van der Waals surface area contributed by atoms with E-state index in [4.69, 9.17) is 13.8 Å². The smallest absolute Gasteiger partial charge is 0.267 e. The number of hydrogen-bond donors (Lipinski definition) is 1. The van der Waals surface area contributed by atoms with Crippen LogP contribution in [0.25, 0.3) is 11.2 Å². The Hall–Kier alpha value is -1.73. The average molecular weight is 477 g/mol. The van der Waals surface area contributed by atoms with Crippen LogP contribution in [0.2, 0.25) is 0 Å². The van der Waals surface area contributed by atoms with Crippen molar-refractivity contribution in [3.8, 4) is 0 Å². The van der Waals surface area contributed by atoms with Gasteiger partial charge >= 0.3 is 0 Å². The number of imidazole rings is 1. The second-order valence-electron chi connectivity index (χ2n) is 6.28. The lowest BCUT2D eigenvalue weighted by Crippen LogP contribution is -2.30. The monoisotopic (exact) mass is 477 g/mol. The van der Waals surface area contributed by atoms with Gasteiger partial charge in [0, 0.05) is 27.2 Å². The molecule has 16 heteroatoms. The summed E-state index contributed by atoms with van der Waals surface area (Å²) in [5.74, 6) is 0.477. The van der Waals surface area contributed by atoms with Crippen LogP contribution in [0.3, 0.4) is 0 Å². The second kappa shape index (κ2) is 9.82. The summed E-state index contributed by atoms with van der Waals surface area (Å²) in [6.07, 6.45) is 1.51. The summed E-state index contributed by atoms with van der Waals surface area (Å²) in [5, 5.41) is 3.04. The molecular formula is C15H21N5O9P2-2. The molecule has 0 bridgehead atoms. The minimum atomic E-state index is -4.64. The summed E-state index contributed by atoms with van der Waals surface area (Å²) in [5.41, 5.74) is 0.871. The van der Waals surface area contributed by atoms with Gasteiger partial charge in [-0.2, -0.15) is 0 Å². The Morgan fingerprint density at radius 2 is 2.03 bits per heavy atom. The molecule has 2 aromatic heterocycles. The van der Waals surface area contributed by atoms with E-state index in [1.54, 1.807) is 10.6 Å². The highest BCUT2D eigenvalue weighted by molar-refractivity contribution is 7.46. The molecule has 14 nitrogen and oxygen atoms in total. The fourth-order valence-corrected chi connectivity index (χ4v) is 3.99. The number of rotatable bonds is 11. The lowest BCUT2D eigenvalue weighted by atomic mass is 10.2. The highest BCUT2D eigenvalue weighted by atomic mass is 31.2. The second-order valence-corrected chi connectivity index (χ2v) is 9.27. The number of anilines is 1. The van der Waals surface area contributed by atoms with Crippen LogP contribution in [0.1, 0.15) is 12.6 Å². The Balaban J connectivity index is 1.85. The molecule has 0 spiro atoms. The molecule has 0 saturated carbocycles. The van der Waals surface area contributed by atoms with E-state index in [1.807, 2.05) is 0 Å². The molecule has 2 aromatic rings. The van der Waals surface area contributed by atoms with E-state index in [2.05, 4.69) is 35.9 Å². The molecule has 1 aliphatic heterocycles. The highest BCUT2D eigenvalue weighted by Crippen LogP contribution is 2.46. The molecule has 0 aromatic carbocycles. The molecule has 1 N–H and O–H groups in total. The number of phosphoric acid groups is 2. The minimum Gasteiger partial charge on any atom is -0.756 e. The van der Waals surface area contributed by atoms with E-state index in [-0.39, 0.29) is 6.42 Å². The van der Waals surface area contributed by atoms with Crippen molar-refractivity contribution >= 4 is 32.6 Å². The molecule has 3 unspecified atom stereocenters. The average Bonchev–Trinajstić information content (AvgIpc) is 3.34. The number of fused-ring (bicyclic) bond motifs is 1. The maximum Gasteiger partial charge on any atom is 0.267 e. The van der Waals surface area contributed by atoms with Crippen LogP contribution in [0.5, 0.6) is 0 Å². The minimum absolute atomic E-state index is 0.0185. The van der Waals surface area contributed by atoms with Crippen molar-refractivity contribution in [3.05, 3.63) is 25.3 Å². The molecule has 31 heavy (non-hydrogen) atoms. The van der Waals surface area contributed by atoms with E-state index in [0.29, 0.717) is 23.5 Å². The Kier molecular flexibility index (Phi) is 7.58. The molecule has 1 aliphatic rings. The van der Waals surface area contributed by atoms with E-state index >= 15 is 0 Å². The third kappa shape index (κ3) is 5.75. The van der Waals surface area contributed by atoms with Crippen LogP contribution in [0.15, 0.2) is 25.3 Å². The molecule has 0 amide bonds. The molecule has 0 radical (unpaired) electrons. The van der Waals surface area contributed by atoms with Gasteiger partial charge in [-0.1, -0.05) is 6.08 Å². The first-order valence-corrected chi connectivity index (χ1v) is 11.9. The zero-order valence-corrected chi connectivity index (χ0v) is 18.4. The number of hydrogen-bond acceptors (Lipinski definition) is 13. The predicted molar refractivity (Wildman–Crippen MR) is 103 cm³/mol. The Bertz CT molecular complexity index is 1020. The summed E-state index contributed by atoms with van der Waals surface area (Å²) >= 11 is 0. The molecule has 3 heterocycles. The zero-order chi connectivity index (χ0) is 22.6. The van der Waals surface area contributed by atoms with Crippen LogP contribution in [0.4, 0.5) is 5.82 Å². The van der Waals surface area contributed by atoms with Gasteiger partial charge < -0.3 is 37.9 Å². The van der Waals surface area contributed by atoms with Gasteiger partial charge in [-0.05, 0) is 0 Å². The summed E-state index contributed by atoms with van der Waals surface area (Å²) in [7, 11) is -7.32. The maximum atomic E-state index is 11.8. The Morgan fingerprint density at radius 1 is 1.29 bits per heavy atom. The fourth-order valence-electron chi connectivity index (χ4n) is 2.92. The van der Waals surface area contributed by atoms with Gasteiger partial charge in [0.25, 0.3) is 15.6 Å². The van der Waals surface area contributed by atoms with Crippen molar-refractivity contribution in [2.24, 2.45) is 0 Å². The van der Waals surface area contributed by atoms with Gasteiger partial charge in [0.05, 0.1) is 19.0 Å². The van der Waals surface area contributed by atoms with Gasteiger partial charge in [-0.15, -0.1) is 6.58 Å². The third-order valence-electron chi connectivity index (χ3n) is 4.37. The molecule has 5 atom stereocenters. The molecule has 1 saturated heterocycles. The molecule has 1 fully saturated rings. The summed E-state index contributed by atoms with van der Waals surface area (Å²) in [6.45, 7) is 3.55. The summed E-state index contributed by atoms with van der Waals surface area (Å²) in [6, 6.07) is 0.